The Morgan fingerprint density at radius 3 is 2.75 bits per heavy atom. The van der Waals surface area contributed by atoms with Gasteiger partial charge in [-0.05, 0) is 32.6 Å². The molecule has 1 aromatic rings. The third-order valence-electron chi connectivity index (χ3n) is 3.53. The minimum atomic E-state index is 0.130. The van der Waals surface area contributed by atoms with Gasteiger partial charge in [0.2, 0.25) is 0 Å². The zero-order valence-corrected chi connectivity index (χ0v) is 9.63. The highest BCUT2D eigenvalue weighted by atomic mass is 16.5. The summed E-state index contributed by atoms with van der Waals surface area (Å²) in [5.41, 5.74) is 0.130. The van der Waals surface area contributed by atoms with Crippen LogP contribution in [0.1, 0.15) is 38.6 Å². The van der Waals surface area contributed by atoms with Crippen LogP contribution in [0.5, 0.6) is 0 Å². The van der Waals surface area contributed by atoms with E-state index in [1.807, 2.05) is 17.0 Å². The van der Waals surface area contributed by atoms with Crippen LogP contribution in [0, 0.1) is 0 Å². The van der Waals surface area contributed by atoms with Crippen molar-refractivity contribution in [2.75, 3.05) is 0 Å². The van der Waals surface area contributed by atoms with Crippen LogP contribution in [0.3, 0.4) is 0 Å². The Hall–Kier alpha value is -1.03. The highest BCUT2D eigenvalue weighted by molar-refractivity contribution is 4.92. The molecule has 0 bridgehead atoms. The van der Waals surface area contributed by atoms with E-state index in [1.54, 1.807) is 4.57 Å². The fourth-order valence-corrected chi connectivity index (χ4v) is 2.44. The van der Waals surface area contributed by atoms with Gasteiger partial charge in [-0.3, -0.25) is 9.13 Å². The molecule has 2 heterocycles. The van der Waals surface area contributed by atoms with Crippen LogP contribution in [0.15, 0.2) is 17.2 Å². The van der Waals surface area contributed by atoms with Crippen molar-refractivity contribution in [2.24, 2.45) is 0 Å². The van der Waals surface area contributed by atoms with Crippen molar-refractivity contribution in [3.63, 3.8) is 0 Å². The lowest BCUT2D eigenvalue weighted by Crippen LogP contribution is -2.28. The number of hydrogen-bond acceptors (Lipinski definition) is 2. The van der Waals surface area contributed by atoms with Gasteiger partial charge in [-0.15, -0.1) is 0 Å². The van der Waals surface area contributed by atoms with Crippen molar-refractivity contribution >= 4 is 0 Å². The van der Waals surface area contributed by atoms with Gasteiger partial charge in [0.1, 0.15) is 0 Å². The van der Waals surface area contributed by atoms with Gasteiger partial charge in [0.15, 0.2) is 0 Å². The van der Waals surface area contributed by atoms with E-state index in [0.29, 0.717) is 18.7 Å². The highest BCUT2D eigenvalue weighted by Gasteiger charge is 2.27. The van der Waals surface area contributed by atoms with Gasteiger partial charge >= 0.3 is 5.69 Å². The smallest absolute Gasteiger partial charge is 0.328 e. The summed E-state index contributed by atoms with van der Waals surface area (Å²) in [4.78, 5) is 12.0. The first-order valence-electron chi connectivity index (χ1n) is 6.17. The zero-order valence-electron chi connectivity index (χ0n) is 9.63. The summed E-state index contributed by atoms with van der Waals surface area (Å²) in [5.74, 6) is 0. The van der Waals surface area contributed by atoms with Crippen molar-refractivity contribution in [1.82, 2.24) is 9.13 Å². The number of ether oxygens (including phenoxy) is 1. The van der Waals surface area contributed by atoms with Crippen LogP contribution >= 0.6 is 0 Å². The maximum absolute atomic E-state index is 12.0. The summed E-state index contributed by atoms with van der Waals surface area (Å²) in [6.07, 6.45) is 8.88. The molecule has 0 amide bonds. The van der Waals surface area contributed by atoms with Crippen molar-refractivity contribution in [3.8, 4) is 0 Å². The average Bonchev–Trinajstić information content (AvgIpc) is 2.93. The van der Waals surface area contributed by atoms with Gasteiger partial charge in [0.25, 0.3) is 0 Å². The van der Waals surface area contributed by atoms with E-state index in [2.05, 4.69) is 6.92 Å². The number of hydrogen-bond donors (Lipinski definition) is 0. The number of aromatic nitrogens is 2. The largest absolute Gasteiger partial charge is 0.373 e. The minimum Gasteiger partial charge on any atom is -0.373 e. The molecule has 0 spiro atoms. The summed E-state index contributed by atoms with van der Waals surface area (Å²) in [6.45, 7) is 2.81. The Morgan fingerprint density at radius 2 is 2.12 bits per heavy atom. The van der Waals surface area contributed by atoms with Crippen LogP contribution in [-0.2, 0) is 11.3 Å². The molecule has 88 valence electrons. The Labute approximate surface area is 94.8 Å². The van der Waals surface area contributed by atoms with E-state index in [4.69, 9.17) is 4.74 Å². The molecular formula is C12H18N2O2. The van der Waals surface area contributed by atoms with Gasteiger partial charge in [-0.1, -0.05) is 0 Å². The third-order valence-corrected chi connectivity index (χ3v) is 3.53. The SMILES string of the molecule is CC1CCC(Cn2ccn(C3CC3)c2=O)O1. The molecule has 2 aliphatic rings. The standard InChI is InChI=1S/C12H18N2O2/c1-9-2-5-11(16-9)8-13-6-7-14(12(13)15)10-3-4-10/h6-7,9-11H,2-5,8H2,1H3. The minimum absolute atomic E-state index is 0.130. The quantitative estimate of drug-likeness (QED) is 0.778. The summed E-state index contributed by atoms with van der Waals surface area (Å²) in [5, 5.41) is 0. The van der Waals surface area contributed by atoms with Crippen LogP contribution in [-0.4, -0.2) is 21.3 Å². The van der Waals surface area contributed by atoms with Gasteiger partial charge in [0.05, 0.1) is 18.8 Å². The molecule has 1 aliphatic heterocycles. The fourth-order valence-electron chi connectivity index (χ4n) is 2.44. The molecule has 4 heteroatoms. The van der Waals surface area contributed by atoms with E-state index in [9.17, 15) is 4.79 Å². The molecule has 1 aromatic heterocycles. The lowest BCUT2D eigenvalue weighted by Gasteiger charge is -2.10. The number of nitrogens with zero attached hydrogens (tertiary/aromatic N) is 2. The topological polar surface area (TPSA) is 36.2 Å². The normalized spacial score (nSPS) is 29.8. The molecule has 0 aromatic carbocycles. The molecule has 2 atom stereocenters. The molecule has 16 heavy (non-hydrogen) atoms. The second-order valence-corrected chi connectivity index (χ2v) is 5.02. The first-order chi connectivity index (χ1) is 7.74. The van der Waals surface area contributed by atoms with Gasteiger partial charge in [0, 0.05) is 18.4 Å². The molecule has 3 rings (SSSR count). The van der Waals surface area contributed by atoms with E-state index in [-0.39, 0.29) is 11.8 Å². The Bertz CT molecular complexity index is 430. The first-order valence-corrected chi connectivity index (χ1v) is 6.17. The molecule has 0 N–H and O–H groups in total. The lowest BCUT2D eigenvalue weighted by molar-refractivity contribution is 0.0451. The van der Waals surface area contributed by atoms with Crippen LogP contribution in [0.25, 0.3) is 0 Å². The van der Waals surface area contributed by atoms with Crippen LogP contribution < -0.4 is 5.69 Å². The molecule has 1 aliphatic carbocycles. The summed E-state index contributed by atoms with van der Waals surface area (Å²) >= 11 is 0. The lowest BCUT2D eigenvalue weighted by atomic mass is 10.2. The second kappa shape index (κ2) is 3.77. The Balaban J connectivity index is 1.72. The summed E-state index contributed by atoms with van der Waals surface area (Å²) in [7, 11) is 0. The van der Waals surface area contributed by atoms with E-state index in [0.717, 1.165) is 25.7 Å². The second-order valence-electron chi connectivity index (χ2n) is 5.02. The monoisotopic (exact) mass is 222 g/mol. The van der Waals surface area contributed by atoms with Gasteiger partial charge in [-0.25, -0.2) is 4.79 Å². The maximum atomic E-state index is 12.0. The van der Waals surface area contributed by atoms with Gasteiger partial charge < -0.3 is 4.74 Å². The first kappa shape index (κ1) is 10.1. The van der Waals surface area contributed by atoms with Gasteiger partial charge in [-0.2, -0.15) is 0 Å². The Kier molecular flexibility index (Phi) is 2.39. The maximum Gasteiger partial charge on any atom is 0.328 e. The van der Waals surface area contributed by atoms with Crippen molar-refractivity contribution in [1.29, 1.82) is 0 Å². The van der Waals surface area contributed by atoms with E-state index in [1.165, 1.54) is 0 Å². The molecule has 1 saturated carbocycles. The molecule has 2 unspecified atom stereocenters. The van der Waals surface area contributed by atoms with Crippen LogP contribution in [0.4, 0.5) is 0 Å². The van der Waals surface area contributed by atoms with E-state index < -0.39 is 0 Å². The molecule has 1 saturated heterocycles. The summed E-state index contributed by atoms with van der Waals surface area (Å²) in [6, 6.07) is 0.470. The average molecular weight is 222 g/mol. The molecule has 2 fully saturated rings. The van der Waals surface area contributed by atoms with E-state index >= 15 is 0 Å². The number of imidazole rings is 1. The zero-order chi connectivity index (χ0) is 11.1. The van der Waals surface area contributed by atoms with Crippen LogP contribution in [0.2, 0.25) is 0 Å². The summed E-state index contributed by atoms with van der Waals surface area (Å²) < 4.78 is 9.39. The number of rotatable bonds is 3. The highest BCUT2D eigenvalue weighted by Crippen LogP contribution is 2.33. The molecule has 0 radical (unpaired) electrons. The fraction of sp³-hybridized carbons (Fsp3) is 0.750. The Morgan fingerprint density at radius 1 is 1.31 bits per heavy atom. The molecule has 4 nitrogen and oxygen atoms in total. The van der Waals surface area contributed by atoms with Crippen molar-refractivity contribution < 1.29 is 4.74 Å². The predicted molar refractivity (Wildman–Crippen MR) is 60.5 cm³/mol. The predicted octanol–water partition coefficient (Wildman–Crippen LogP) is 1.55. The van der Waals surface area contributed by atoms with Crippen molar-refractivity contribution in [2.45, 2.75) is 57.4 Å². The third kappa shape index (κ3) is 1.82. The molecular weight excluding hydrogens is 204 g/mol. The van der Waals surface area contributed by atoms with Crippen molar-refractivity contribution in [3.05, 3.63) is 22.9 Å².